The molecule has 1 aliphatic rings. The zero-order valence-corrected chi connectivity index (χ0v) is 21.2. The summed E-state index contributed by atoms with van der Waals surface area (Å²) in [6.07, 6.45) is -2.71. The number of para-hydroxylation sites is 1. The topological polar surface area (TPSA) is 149 Å². The van der Waals surface area contributed by atoms with Gasteiger partial charge < -0.3 is 24.2 Å². The molecule has 0 saturated carbocycles. The predicted octanol–water partition coefficient (Wildman–Crippen LogP) is 2.40. The molecule has 1 aromatic carbocycles. The van der Waals surface area contributed by atoms with E-state index in [0.29, 0.717) is 0 Å². The summed E-state index contributed by atoms with van der Waals surface area (Å²) in [5.74, 6) is -1.08. The van der Waals surface area contributed by atoms with Crippen LogP contribution in [0.4, 0.5) is 0 Å². The summed E-state index contributed by atoms with van der Waals surface area (Å²) in [5, 5.41) is 21.7. The van der Waals surface area contributed by atoms with Crippen LogP contribution in [0.25, 0.3) is 0 Å². The number of H-pyrrole nitrogens is 1. The summed E-state index contributed by atoms with van der Waals surface area (Å²) in [7, 11) is -3.95. The molecule has 3 N–H and O–H groups in total. The van der Waals surface area contributed by atoms with Crippen molar-refractivity contribution in [3.63, 3.8) is 0 Å². The van der Waals surface area contributed by atoms with Crippen molar-refractivity contribution in [1.82, 2.24) is 9.55 Å². The number of aromatic nitrogens is 2. The van der Waals surface area contributed by atoms with E-state index in [9.17, 15) is 24.4 Å². The third-order valence-corrected chi connectivity index (χ3v) is 7.81. The molecule has 1 saturated heterocycles. The Kier molecular flexibility index (Phi) is 8.68. The average molecular weight is 529 g/mol. The van der Waals surface area contributed by atoms with E-state index >= 15 is 0 Å². The molecule has 0 radical (unpaired) electrons. The summed E-state index contributed by atoms with van der Waals surface area (Å²) in [6.45, 7) is 4.29. The monoisotopic (exact) mass is 528 g/mol. The van der Waals surface area contributed by atoms with Crippen molar-refractivity contribution in [3.05, 3.63) is 57.7 Å². The van der Waals surface area contributed by atoms with Crippen LogP contribution in [0.15, 0.2) is 47.4 Å². The number of rotatable bonds is 10. The fraction of sp³-hybridized carbons (Fsp3) is 0.500. The largest absolute Gasteiger partial charge is 0.466 e. The lowest BCUT2D eigenvalue weighted by molar-refractivity contribution is -0.146. The lowest BCUT2D eigenvalue weighted by atomic mass is 9.96. The summed E-state index contributed by atoms with van der Waals surface area (Å²) in [5.41, 5.74) is -2.26. The number of esters is 1. The molecule has 11 nitrogen and oxygen atoms in total. The van der Waals surface area contributed by atoms with Crippen LogP contribution in [-0.4, -0.2) is 62.9 Å². The van der Waals surface area contributed by atoms with Crippen LogP contribution < -0.4 is 10.1 Å². The van der Waals surface area contributed by atoms with Gasteiger partial charge in [0, 0.05) is 12.3 Å². The van der Waals surface area contributed by atoms with Crippen LogP contribution in [0.5, 0.6) is 5.75 Å². The van der Waals surface area contributed by atoms with E-state index in [-0.39, 0.29) is 23.3 Å². The Hall–Kier alpha value is -2.34. The fourth-order valence-electron chi connectivity index (χ4n) is 3.63. The van der Waals surface area contributed by atoms with Crippen LogP contribution in [0.3, 0.4) is 0 Å². The molecule has 1 fully saturated rings. The van der Waals surface area contributed by atoms with Crippen LogP contribution in [0, 0.1) is 10.7 Å². The van der Waals surface area contributed by atoms with Gasteiger partial charge in [-0.05, 0) is 38.2 Å². The van der Waals surface area contributed by atoms with Gasteiger partial charge in [0.15, 0.2) is 11.0 Å². The number of benzene rings is 1. The van der Waals surface area contributed by atoms with Crippen LogP contribution in [-0.2, 0) is 23.4 Å². The normalized spacial score (nSPS) is 26.6. The van der Waals surface area contributed by atoms with Crippen molar-refractivity contribution < 1.29 is 38.1 Å². The molecule has 1 unspecified atom stereocenters. The Labute approximate surface area is 207 Å². The molecular weight excluding hydrogens is 499 g/mol. The van der Waals surface area contributed by atoms with Crippen molar-refractivity contribution in [2.24, 2.45) is 5.92 Å². The van der Waals surface area contributed by atoms with Crippen molar-refractivity contribution in [2.45, 2.75) is 44.8 Å². The molecule has 2 aromatic rings. The first kappa shape index (κ1) is 27.3. The van der Waals surface area contributed by atoms with Gasteiger partial charge in [-0.15, -0.1) is 0 Å². The molecular formula is C22H29N2O9PS. The van der Waals surface area contributed by atoms with Crippen molar-refractivity contribution in [2.75, 3.05) is 19.4 Å². The number of carbonyl (C=O) groups excluding carboxylic acids is 1. The van der Waals surface area contributed by atoms with E-state index in [1.807, 2.05) is 0 Å². The van der Waals surface area contributed by atoms with E-state index in [1.165, 1.54) is 23.8 Å². The highest BCUT2D eigenvalue weighted by Gasteiger charge is 2.53. The molecule has 6 atom stereocenters. The number of nitrogens with zero attached hydrogens (tertiary/aromatic N) is 1. The number of hydrogen-bond donors (Lipinski definition) is 3. The second kappa shape index (κ2) is 11.2. The highest BCUT2D eigenvalue weighted by Crippen LogP contribution is 2.51. The summed E-state index contributed by atoms with van der Waals surface area (Å²) < 4.78 is 37.1. The molecule has 2 heterocycles. The van der Waals surface area contributed by atoms with E-state index in [0.717, 1.165) is 0 Å². The molecule has 35 heavy (non-hydrogen) atoms. The van der Waals surface area contributed by atoms with E-state index < -0.39 is 55.7 Å². The molecule has 1 aromatic heterocycles. The zero-order valence-electron chi connectivity index (χ0n) is 19.5. The van der Waals surface area contributed by atoms with Gasteiger partial charge in [-0.1, -0.05) is 25.1 Å². The van der Waals surface area contributed by atoms with Crippen LogP contribution in [0.2, 0.25) is 0 Å². The van der Waals surface area contributed by atoms with Gasteiger partial charge in [-0.2, -0.15) is 0 Å². The SMILES string of the molecule is CCOC(=O)[C@H](C)C[P@](=O)(OC[C@H]1O[C@@H](n2ccc(=O)[nH]c2=S)C(C)(O)[C@H]1O)Oc1ccccc1. The average Bonchev–Trinajstić information content (AvgIpc) is 3.02. The van der Waals surface area contributed by atoms with Crippen LogP contribution in [0.1, 0.15) is 27.0 Å². The minimum Gasteiger partial charge on any atom is -0.466 e. The lowest BCUT2D eigenvalue weighted by Crippen LogP contribution is -2.44. The Morgan fingerprint density at radius 2 is 2.03 bits per heavy atom. The standard InChI is InChI=1S/C22H29N2O9PS/c1-4-30-19(27)14(2)13-34(29,33-15-8-6-5-7-9-15)31-12-16-18(26)22(3,28)20(32-16)24-11-10-17(25)23-21(24)35/h5-11,14,16,18,20,26,28H,4,12-13H2,1-3H3,(H,23,25,35)/t14-,16-,18+,20-,22?,34+/m1/s1. The Bertz CT molecular complexity index is 1180. The van der Waals surface area contributed by atoms with Gasteiger partial charge in [0.2, 0.25) is 0 Å². The minimum atomic E-state index is -3.95. The van der Waals surface area contributed by atoms with E-state index in [4.69, 9.17) is 30.7 Å². The number of aromatic amines is 1. The smallest absolute Gasteiger partial charge is 0.380 e. The molecule has 1 aliphatic heterocycles. The van der Waals surface area contributed by atoms with Crippen molar-refractivity contribution in [1.29, 1.82) is 0 Å². The predicted molar refractivity (Wildman–Crippen MR) is 128 cm³/mol. The van der Waals surface area contributed by atoms with Gasteiger partial charge in [0.05, 0.1) is 25.3 Å². The maximum Gasteiger partial charge on any atom is 0.380 e. The number of carbonyl (C=O) groups is 1. The molecule has 0 amide bonds. The third-order valence-electron chi connectivity index (χ3n) is 5.47. The second-order valence-electron chi connectivity index (χ2n) is 8.36. The molecule has 0 spiro atoms. The molecule has 13 heteroatoms. The summed E-state index contributed by atoms with van der Waals surface area (Å²) in [6, 6.07) is 9.51. The number of hydrogen-bond acceptors (Lipinski definition) is 10. The van der Waals surface area contributed by atoms with Gasteiger partial charge in [0.1, 0.15) is 23.6 Å². The summed E-state index contributed by atoms with van der Waals surface area (Å²) in [4.78, 5) is 26.1. The molecule has 3 rings (SSSR count). The molecule has 0 aliphatic carbocycles. The number of aliphatic hydroxyl groups excluding tert-OH is 1. The lowest BCUT2D eigenvalue weighted by Gasteiger charge is -2.28. The van der Waals surface area contributed by atoms with Crippen molar-refractivity contribution >= 4 is 25.8 Å². The number of ether oxygens (including phenoxy) is 2. The quantitative estimate of drug-likeness (QED) is 0.238. The highest BCUT2D eigenvalue weighted by molar-refractivity contribution is 7.71. The first-order chi connectivity index (χ1) is 16.5. The molecule has 192 valence electrons. The van der Waals surface area contributed by atoms with E-state index in [1.54, 1.807) is 44.2 Å². The van der Waals surface area contributed by atoms with Gasteiger partial charge >= 0.3 is 13.6 Å². The van der Waals surface area contributed by atoms with E-state index in [2.05, 4.69) is 4.98 Å². The fourth-order valence-corrected chi connectivity index (χ4v) is 5.76. The van der Waals surface area contributed by atoms with Crippen molar-refractivity contribution in [3.8, 4) is 5.75 Å². The first-order valence-electron chi connectivity index (χ1n) is 11.0. The Morgan fingerprint density at radius 3 is 2.66 bits per heavy atom. The maximum atomic E-state index is 13.7. The van der Waals surface area contributed by atoms with Gasteiger partial charge in [0.25, 0.3) is 5.56 Å². The maximum absolute atomic E-state index is 13.7. The Morgan fingerprint density at radius 1 is 1.34 bits per heavy atom. The van der Waals surface area contributed by atoms with Gasteiger partial charge in [-0.3, -0.25) is 23.7 Å². The van der Waals surface area contributed by atoms with Gasteiger partial charge in [-0.25, -0.2) is 4.57 Å². The Balaban J connectivity index is 1.80. The third kappa shape index (κ3) is 6.46. The number of nitrogens with one attached hydrogen (secondary N) is 1. The number of aliphatic hydroxyl groups is 2. The summed E-state index contributed by atoms with van der Waals surface area (Å²) >= 11 is 5.14. The van der Waals surface area contributed by atoms with Crippen LogP contribution >= 0.6 is 19.8 Å². The molecule has 0 bridgehead atoms. The highest BCUT2D eigenvalue weighted by atomic mass is 32.1. The first-order valence-corrected chi connectivity index (χ1v) is 13.1. The zero-order chi connectivity index (χ0) is 25.8. The second-order valence-corrected chi connectivity index (χ2v) is 10.8. The minimum absolute atomic E-state index is 0.0158.